The maximum atomic E-state index is 12.8. The fourth-order valence-electron chi connectivity index (χ4n) is 1.64. The van der Waals surface area contributed by atoms with Crippen molar-refractivity contribution in [3.63, 3.8) is 0 Å². The van der Waals surface area contributed by atoms with Gasteiger partial charge in [-0.05, 0) is 36.4 Å². The van der Waals surface area contributed by atoms with Gasteiger partial charge in [0, 0.05) is 35.3 Å². The number of amides is 1. The summed E-state index contributed by atoms with van der Waals surface area (Å²) in [5.74, 6) is -1.96. The highest BCUT2D eigenvalue weighted by Gasteiger charge is 2.10. The first-order valence-electron chi connectivity index (χ1n) is 5.98. The van der Waals surface area contributed by atoms with Gasteiger partial charge in [0.15, 0.2) is 0 Å². The highest BCUT2D eigenvalue weighted by atomic mass is 19.1. The fraction of sp³-hybridized carbons (Fsp3) is 0. The molecule has 0 bridgehead atoms. The third-order valence-electron chi connectivity index (χ3n) is 2.60. The number of halogens is 1. The van der Waals surface area contributed by atoms with E-state index in [-0.39, 0.29) is 5.56 Å². The first-order chi connectivity index (χ1) is 10.1. The molecule has 1 amide bonds. The van der Waals surface area contributed by atoms with Crippen LogP contribution in [0.25, 0.3) is 6.08 Å². The number of carbonyl (C=O) groups is 2. The number of nitrogens with zero attached hydrogens (tertiary/aromatic N) is 1. The van der Waals surface area contributed by atoms with Gasteiger partial charge in [0.2, 0.25) is 0 Å². The van der Waals surface area contributed by atoms with E-state index in [1.54, 1.807) is 0 Å². The summed E-state index contributed by atoms with van der Waals surface area (Å²) in [5.41, 5.74) is 1.08. The van der Waals surface area contributed by atoms with Crippen LogP contribution in [0, 0.1) is 5.82 Å². The molecule has 0 saturated carbocycles. The average molecular weight is 286 g/mol. The van der Waals surface area contributed by atoms with Crippen molar-refractivity contribution in [1.82, 2.24) is 4.98 Å². The van der Waals surface area contributed by atoms with Crippen molar-refractivity contribution in [2.45, 2.75) is 0 Å². The lowest BCUT2D eigenvalue weighted by atomic mass is 10.1. The zero-order chi connectivity index (χ0) is 15.2. The third-order valence-corrected chi connectivity index (χ3v) is 2.60. The van der Waals surface area contributed by atoms with Crippen molar-refractivity contribution in [1.29, 1.82) is 0 Å². The van der Waals surface area contributed by atoms with Crippen LogP contribution in [-0.2, 0) is 4.79 Å². The molecule has 1 aromatic heterocycles. The van der Waals surface area contributed by atoms with Gasteiger partial charge in [0.1, 0.15) is 5.82 Å². The van der Waals surface area contributed by atoms with Crippen LogP contribution in [-0.4, -0.2) is 22.0 Å². The highest BCUT2D eigenvalue weighted by molar-refractivity contribution is 6.06. The molecule has 1 aromatic carbocycles. The Morgan fingerprint density at radius 2 is 1.90 bits per heavy atom. The Kier molecular flexibility index (Phi) is 4.40. The summed E-state index contributed by atoms with van der Waals surface area (Å²) in [4.78, 5) is 26.5. The second-order valence-corrected chi connectivity index (χ2v) is 4.10. The molecule has 1 heterocycles. The van der Waals surface area contributed by atoms with E-state index in [1.165, 1.54) is 48.8 Å². The lowest BCUT2D eigenvalue weighted by Gasteiger charge is -2.07. The van der Waals surface area contributed by atoms with E-state index in [9.17, 15) is 14.0 Å². The number of aliphatic carboxylic acids is 1. The number of carbonyl (C=O) groups excluding carboxylic acids is 1. The highest BCUT2D eigenvalue weighted by Crippen LogP contribution is 2.14. The number of rotatable bonds is 4. The number of benzene rings is 1. The second-order valence-electron chi connectivity index (χ2n) is 4.10. The van der Waals surface area contributed by atoms with Gasteiger partial charge >= 0.3 is 5.97 Å². The van der Waals surface area contributed by atoms with Crippen LogP contribution < -0.4 is 5.32 Å². The smallest absolute Gasteiger partial charge is 0.328 e. The van der Waals surface area contributed by atoms with Gasteiger partial charge in [-0.25, -0.2) is 9.18 Å². The van der Waals surface area contributed by atoms with Crippen LogP contribution in [0.4, 0.5) is 10.1 Å². The largest absolute Gasteiger partial charge is 0.478 e. The van der Waals surface area contributed by atoms with Gasteiger partial charge in [0.25, 0.3) is 5.91 Å². The summed E-state index contributed by atoms with van der Waals surface area (Å²) >= 11 is 0. The van der Waals surface area contributed by atoms with Crippen molar-refractivity contribution >= 4 is 23.6 Å². The quantitative estimate of drug-likeness (QED) is 0.847. The molecular formula is C15H11FN2O3. The Morgan fingerprint density at radius 1 is 1.19 bits per heavy atom. The second kappa shape index (κ2) is 6.42. The first-order valence-corrected chi connectivity index (χ1v) is 5.98. The van der Waals surface area contributed by atoms with Gasteiger partial charge in [-0.15, -0.1) is 0 Å². The predicted molar refractivity (Wildman–Crippen MR) is 75.3 cm³/mol. The molecule has 0 atom stereocenters. The molecule has 2 aromatic rings. The predicted octanol–water partition coefficient (Wildman–Crippen LogP) is 2.57. The van der Waals surface area contributed by atoms with Gasteiger partial charge < -0.3 is 10.4 Å². The van der Waals surface area contributed by atoms with Crippen molar-refractivity contribution < 1.29 is 19.1 Å². The zero-order valence-electron chi connectivity index (χ0n) is 10.8. The molecule has 0 aliphatic carbocycles. The molecule has 5 nitrogen and oxygen atoms in total. The van der Waals surface area contributed by atoms with E-state index < -0.39 is 17.7 Å². The molecule has 0 radical (unpaired) electrons. The van der Waals surface area contributed by atoms with Crippen LogP contribution in [0.15, 0.2) is 48.8 Å². The van der Waals surface area contributed by atoms with E-state index in [4.69, 9.17) is 5.11 Å². The summed E-state index contributed by atoms with van der Waals surface area (Å²) in [6.07, 6.45) is 5.03. The van der Waals surface area contributed by atoms with Crippen molar-refractivity contribution in [3.8, 4) is 0 Å². The lowest BCUT2D eigenvalue weighted by molar-refractivity contribution is -0.131. The van der Waals surface area contributed by atoms with Crippen LogP contribution in [0.3, 0.4) is 0 Å². The lowest BCUT2D eigenvalue weighted by Crippen LogP contribution is -2.13. The maximum absolute atomic E-state index is 12.8. The van der Waals surface area contributed by atoms with E-state index >= 15 is 0 Å². The molecule has 0 spiro atoms. The maximum Gasteiger partial charge on any atom is 0.328 e. The van der Waals surface area contributed by atoms with Crippen LogP contribution >= 0.6 is 0 Å². The summed E-state index contributed by atoms with van der Waals surface area (Å²) in [6, 6.07) is 6.80. The minimum atomic E-state index is -1.12. The number of aromatic nitrogens is 1. The molecule has 21 heavy (non-hydrogen) atoms. The van der Waals surface area contributed by atoms with Gasteiger partial charge in [-0.1, -0.05) is 0 Å². The zero-order valence-corrected chi connectivity index (χ0v) is 10.8. The molecule has 0 saturated heterocycles. The van der Waals surface area contributed by atoms with E-state index in [1.807, 2.05) is 0 Å². The number of carboxylic acids is 1. The fourth-order valence-corrected chi connectivity index (χ4v) is 1.64. The minimum Gasteiger partial charge on any atom is -0.478 e. The van der Waals surface area contributed by atoms with E-state index in [2.05, 4.69) is 10.3 Å². The molecule has 6 heteroatoms. The topological polar surface area (TPSA) is 79.3 Å². The number of hydrogen-bond donors (Lipinski definition) is 2. The van der Waals surface area contributed by atoms with Crippen molar-refractivity contribution in [2.75, 3.05) is 5.32 Å². The molecule has 0 aliphatic rings. The Balaban J connectivity index is 2.23. The summed E-state index contributed by atoms with van der Waals surface area (Å²) in [7, 11) is 0. The number of pyridine rings is 1. The van der Waals surface area contributed by atoms with Gasteiger partial charge in [-0.3, -0.25) is 9.78 Å². The van der Waals surface area contributed by atoms with Crippen LogP contribution in [0.2, 0.25) is 0 Å². The third kappa shape index (κ3) is 3.97. The van der Waals surface area contributed by atoms with Crippen LogP contribution in [0.5, 0.6) is 0 Å². The Morgan fingerprint density at radius 3 is 2.57 bits per heavy atom. The molecular weight excluding hydrogens is 275 g/mol. The monoisotopic (exact) mass is 286 g/mol. The number of anilines is 1. The molecule has 0 fully saturated rings. The Labute approximate surface area is 119 Å². The molecule has 106 valence electrons. The summed E-state index contributed by atoms with van der Waals surface area (Å²) in [5, 5.41) is 11.2. The summed E-state index contributed by atoms with van der Waals surface area (Å²) < 4.78 is 12.8. The number of carboxylic acid groups (broad SMARTS) is 1. The number of nitrogens with one attached hydrogen (secondary N) is 1. The molecule has 0 unspecified atom stereocenters. The van der Waals surface area contributed by atoms with E-state index in [0.717, 1.165) is 6.08 Å². The molecule has 2 rings (SSSR count). The van der Waals surface area contributed by atoms with Gasteiger partial charge in [-0.2, -0.15) is 0 Å². The van der Waals surface area contributed by atoms with Crippen molar-refractivity contribution in [3.05, 3.63) is 65.7 Å². The SMILES string of the molecule is O=C(O)C=Cc1cnccc1C(=O)Nc1ccc(F)cc1. The minimum absolute atomic E-state index is 0.270. The Hall–Kier alpha value is -3.02. The van der Waals surface area contributed by atoms with Gasteiger partial charge in [0.05, 0.1) is 0 Å². The normalized spacial score (nSPS) is 10.5. The van der Waals surface area contributed by atoms with Crippen LogP contribution in [0.1, 0.15) is 15.9 Å². The molecule has 0 aliphatic heterocycles. The number of hydrogen-bond acceptors (Lipinski definition) is 3. The summed E-state index contributed by atoms with van der Waals surface area (Å²) in [6.45, 7) is 0. The molecule has 2 N–H and O–H groups in total. The average Bonchev–Trinajstić information content (AvgIpc) is 2.47. The Bertz CT molecular complexity index is 696. The van der Waals surface area contributed by atoms with Crippen molar-refractivity contribution in [2.24, 2.45) is 0 Å². The standard InChI is InChI=1S/C15H11FN2O3/c16-11-2-4-12(5-3-11)18-15(21)13-7-8-17-9-10(13)1-6-14(19)20/h1-9H,(H,18,21)(H,19,20). The van der Waals surface area contributed by atoms with E-state index in [0.29, 0.717) is 11.3 Å². The first kappa shape index (κ1) is 14.4.